The summed E-state index contributed by atoms with van der Waals surface area (Å²) in [6.07, 6.45) is 2.24. The quantitative estimate of drug-likeness (QED) is 0.433. The van der Waals surface area contributed by atoms with Crippen LogP contribution in [0.2, 0.25) is 0 Å². The average Bonchev–Trinajstić information content (AvgIpc) is 2.77. The third kappa shape index (κ3) is 4.34. The van der Waals surface area contributed by atoms with Gasteiger partial charge in [0, 0.05) is 35.1 Å². The molecule has 3 aromatic carbocycles. The number of hydrogen-bond donors (Lipinski definition) is 3. The number of rotatable bonds is 6. The van der Waals surface area contributed by atoms with Gasteiger partial charge in [0.05, 0.1) is 19.3 Å². The number of fused-ring (bicyclic) bond motifs is 1. The zero-order chi connectivity index (χ0) is 22.9. The van der Waals surface area contributed by atoms with Crippen LogP contribution in [0.1, 0.15) is 37.5 Å². The first-order valence-corrected chi connectivity index (χ1v) is 10.7. The summed E-state index contributed by atoms with van der Waals surface area (Å²) in [5.41, 5.74) is 8.06. The number of allylic oxidation sites excluding steroid dienone is 1. The van der Waals surface area contributed by atoms with Crippen molar-refractivity contribution in [2.24, 2.45) is 0 Å². The largest absolute Gasteiger partial charge is 0.496 e. The fourth-order valence-corrected chi connectivity index (χ4v) is 4.44. The van der Waals surface area contributed by atoms with Gasteiger partial charge >= 0.3 is 0 Å². The van der Waals surface area contributed by atoms with Gasteiger partial charge in [0.2, 0.25) is 0 Å². The van der Waals surface area contributed by atoms with Crippen LogP contribution < -0.4 is 15.4 Å². The molecule has 5 heteroatoms. The first-order chi connectivity index (χ1) is 15.3. The van der Waals surface area contributed by atoms with Gasteiger partial charge in [-0.05, 0) is 73.4 Å². The molecule has 32 heavy (non-hydrogen) atoms. The number of nitrogens with one attached hydrogen (secondary N) is 2. The van der Waals surface area contributed by atoms with Gasteiger partial charge in [-0.2, -0.15) is 0 Å². The first kappa shape index (κ1) is 21.9. The van der Waals surface area contributed by atoms with Crippen molar-refractivity contribution in [3.8, 4) is 16.9 Å². The molecular formula is C27H29FN2O2. The molecule has 0 bridgehead atoms. The first-order valence-electron chi connectivity index (χ1n) is 10.7. The van der Waals surface area contributed by atoms with E-state index < -0.39 is 0 Å². The van der Waals surface area contributed by atoms with Gasteiger partial charge in [0.1, 0.15) is 11.6 Å². The molecular weight excluding hydrogens is 403 g/mol. The van der Waals surface area contributed by atoms with E-state index in [9.17, 15) is 9.50 Å². The lowest BCUT2D eigenvalue weighted by Gasteiger charge is -2.33. The molecule has 0 aliphatic carbocycles. The van der Waals surface area contributed by atoms with Crippen LogP contribution in [-0.2, 0) is 13.2 Å². The normalized spacial score (nSPS) is 14.2. The fourth-order valence-electron chi connectivity index (χ4n) is 4.44. The average molecular weight is 433 g/mol. The van der Waals surface area contributed by atoms with Crippen molar-refractivity contribution in [3.05, 3.63) is 83.2 Å². The molecule has 0 amide bonds. The maximum atomic E-state index is 13.9. The minimum Gasteiger partial charge on any atom is -0.496 e. The highest BCUT2D eigenvalue weighted by Crippen LogP contribution is 2.42. The Labute approximate surface area is 188 Å². The van der Waals surface area contributed by atoms with E-state index in [4.69, 9.17) is 4.74 Å². The summed E-state index contributed by atoms with van der Waals surface area (Å²) < 4.78 is 19.4. The number of anilines is 2. The third-order valence-corrected chi connectivity index (χ3v) is 5.80. The highest BCUT2D eigenvalue weighted by atomic mass is 19.1. The van der Waals surface area contributed by atoms with Gasteiger partial charge in [-0.15, -0.1) is 0 Å². The maximum absolute atomic E-state index is 13.9. The lowest BCUT2D eigenvalue weighted by atomic mass is 9.85. The molecule has 0 unspecified atom stereocenters. The van der Waals surface area contributed by atoms with E-state index in [1.807, 2.05) is 24.3 Å². The Bertz CT molecular complexity index is 1170. The molecule has 0 saturated carbocycles. The van der Waals surface area contributed by atoms with E-state index in [-0.39, 0.29) is 18.0 Å². The van der Waals surface area contributed by atoms with Crippen LogP contribution in [-0.4, -0.2) is 17.8 Å². The molecule has 0 fully saturated rings. The number of methoxy groups -OCH3 is 1. The Morgan fingerprint density at radius 3 is 2.44 bits per heavy atom. The topological polar surface area (TPSA) is 53.5 Å². The Kier molecular flexibility index (Phi) is 5.94. The Hall–Kier alpha value is -3.31. The SMILES string of the molecule is COc1cc(F)ccc1-c1ccc2c(c1CNc1ccc(CO)cc1)C(C)=CC(C)(C)N2. The predicted molar refractivity (Wildman–Crippen MR) is 129 cm³/mol. The molecule has 0 atom stereocenters. The second-order valence-electron chi connectivity index (χ2n) is 8.74. The van der Waals surface area contributed by atoms with E-state index >= 15 is 0 Å². The molecule has 3 aromatic rings. The third-order valence-electron chi connectivity index (χ3n) is 5.80. The highest BCUT2D eigenvalue weighted by Gasteiger charge is 2.26. The van der Waals surface area contributed by atoms with E-state index in [0.29, 0.717) is 12.3 Å². The second kappa shape index (κ2) is 8.67. The lowest BCUT2D eigenvalue weighted by Crippen LogP contribution is -2.32. The molecule has 0 spiro atoms. The number of benzene rings is 3. The number of aliphatic hydroxyl groups is 1. The van der Waals surface area contributed by atoms with Crippen molar-refractivity contribution in [1.29, 1.82) is 0 Å². The minimum absolute atomic E-state index is 0.0203. The summed E-state index contributed by atoms with van der Waals surface area (Å²) in [6.45, 7) is 7.03. The van der Waals surface area contributed by atoms with Crippen molar-refractivity contribution in [3.63, 3.8) is 0 Å². The van der Waals surface area contributed by atoms with Gasteiger partial charge in [0.25, 0.3) is 0 Å². The molecule has 1 aliphatic heterocycles. The Balaban J connectivity index is 1.82. The van der Waals surface area contributed by atoms with Crippen molar-refractivity contribution in [2.75, 3.05) is 17.7 Å². The lowest BCUT2D eigenvalue weighted by molar-refractivity contribution is 0.282. The number of aliphatic hydroxyl groups excluding tert-OH is 1. The van der Waals surface area contributed by atoms with E-state index in [0.717, 1.165) is 39.2 Å². The van der Waals surface area contributed by atoms with Gasteiger partial charge < -0.3 is 20.5 Å². The summed E-state index contributed by atoms with van der Waals surface area (Å²) in [6, 6.07) is 16.5. The van der Waals surface area contributed by atoms with E-state index in [1.54, 1.807) is 13.2 Å². The van der Waals surface area contributed by atoms with Crippen molar-refractivity contribution < 1.29 is 14.2 Å². The van der Waals surface area contributed by atoms with Gasteiger partial charge in [0.15, 0.2) is 0 Å². The highest BCUT2D eigenvalue weighted by molar-refractivity contribution is 5.88. The second-order valence-corrected chi connectivity index (χ2v) is 8.74. The molecule has 166 valence electrons. The molecule has 4 rings (SSSR count). The summed E-state index contributed by atoms with van der Waals surface area (Å²) >= 11 is 0. The number of halogens is 1. The maximum Gasteiger partial charge on any atom is 0.129 e. The minimum atomic E-state index is -0.327. The number of hydrogen-bond acceptors (Lipinski definition) is 4. The molecule has 3 N–H and O–H groups in total. The van der Waals surface area contributed by atoms with Crippen LogP contribution in [0.15, 0.2) is 60.7 Å². The smallest absolute Gasteiger partial charge is 0.129 e. The van der Waals surface area contributed by atoms with Crippen LogP contribution >= 0.6 is 0 Å². The van der Waals surface area contributed by atoms with Crippen LogP contribution in [0.4, 0.5) is 15.8 Å². The molecule has 0 aromatic heterocycles. The van der Waals surface area contributed by atoms with Crippen LogP contribution in [0.5, 0.6) is 5.75 Å². The molecule has 4 nitrogen and oxygen atoms in total. The van der Waals surface area contributed by atoms with Gasteiger partial charge in [-0.25, -0.2) is 4.39 Å². The van der Waals surface area contributed by atoms with Crippen LogP contribution in [0.3, 0.4) is 0 Å². The fraction of sp³-hybridized carbons (Fsp3) is 0.259. The monoisotopic (exact) mass is 432 g/mol. The standard InChI is InChI=1S/C27H29FN2O2/c1-17-14-27(2,3)30-24-12-11-21(22-10-7-19(28)13-25(22)32-4)23(26(17)24)15-29-20-8-5-18(16-31)6-9-20/h5-14,29-31H,15-16H2,1-4H3. The van der Waals surface area contributed by atoms with E-state index in [1.165, 1.54) is 17.7 Å². The molecule has 0 saturated heterocycles. The zero-order valence-electron chi connectivity index (χ0n) is 18.9. The van der Waals surface area contributed by atoms with E-state index in [2.05, 4.69) is 49.6 Å². The summed E-state index contributed by atoms with van der Waals surface area (Å²) in [5.74, 6) is 0.177. The zero-order valence-corrected chi connectivity index (χ0v) is 18.9. The summed E-state index contributed by atoms with van der Waals surface area (Å²) in [5, 5.41) is 16.4. The number of ether oxygens (including phenoxy) is 1. The summed E-state index contributed by atoms with van der Waals surface area (Å²) in [7, 11) is 1.56. The Morgan fingerprint density at radius 2 is 1.75 bits per heavy atom. The molecule has 1 aliphatic rings. The van der Waals surface area contributed by atoms with Crippen molar-refractivity contribution >= 4 is 16.9 Å². The van der Waals surface area contributed by atoms with Gasteiger partial charge in [-0.3, -0.25) is 0 Å². The molecule has 0 radical (unpaired) electrons. The van der Waals surface area contributed by atoms with Crippen molar-refractivity contribution in [1.82, 2.24) is 0 Å². The van der Waals surface area contributed by atoms with Gasteiger partial charge in [-0.1, -0.05) is 24.3 Å². The summed E-state index contributed by atoms with van der Waals surface area (Å²) in [4.78, 5) is 0. The molecule has 1 heterocycles. The van der Waals surface area contributed by atoms with Crippen LogP contribution in [0.25, 0.3) is 16.7 Å². The predicted octanol–water partition coefficient (Wildman–Crippen LogP) is 6.21. The van der Waals surface area contributed by atoms with Crippen LogP contribution in [0, 0.1) is 5.82 Å². The van der Waals surface area contributed by atoms with Crippen molar-refractivity contribution in [2.45, 2.75) is 39.5 Å². The Morgan fingerprint density at radius 1 is 1.03 bits per heavy atom.